The highest BCUT2D eigenvalue weighted by Crippen LogP contribution is 2.33. The minimum Gasteiger partial charge on any atom is -0.388 e. The molecule has 0 aromatic rings. The second kappa shape index (κ2) is 4.05. The fourth-order valence-corrected chi connectivity index (χ4v) is 2.34. The summed E-state index contributed by atoms with van der Waals surface area (Å²) in [7, 11) is -5.68. The number of alkyl halides is 3. The van der Waals surface area contributed by atoms with E-state index in [1.54, 1.807) is 0 Å². The van der Waals surface area contributed by atoms with Crippen LogP contribution in [-0.4, -0.2) is 56.7 Å². The molecule has 4 atom stereocenters. The van der Waals surface area contributed by atoms with Crippen LogP contribution in [0.4, 0.5) is 13.2 Å². The lowest BCUT2D eigenvalue weighted by molar-refractivity contribution is -0.0629. The summed E-state index contributed by atoms with van der Waals surface area (Å²) >= 11 is 0. The van der Waals surface area contributed by atoms with Gasteiger partial charge in [0.05, 0.1) is 13.2 Å². The molecule has 0 aromatic carbocycles. The summed E-state index contributed by atoms with van der Waals surface area (Å²) in [4.78, 5) is 0. The number of aliphatic hydroxyl groups excluding tert-OH is 1. The summed E-state index contributed by atoms with van der Waals surface area (Å²) in [5.74, 6) is 0. The Balaban J connectivity index is 2.07. The van der Waals surface area contributed by atoms with Gasteiger partial charge in [0.25, 0.3) is 0 Å². The Morgan fingerprint density at radius 3 is 2.35 bits per heavy atom. The molecule has 17 heavy (non-hydrogen) atoms. The first kappa shape index (κ1) is 13.0. The largest absolute Gasteiger partial charge is 0.523 e. The monoisotopic (exact) mass is 278 g/mol. The van der Waals surface area contributed by atoms with Crippen molar-refractivity contribution in [2.75, 3.05) is 13.2 Å². The number of ether oxygens (including phenoxy) is 2. The van der Waals surface area contributed by atoms with Crippen molar-refractivity contribution in [3.05, 3.63) is 0 Å². The molecule has 2 aliphatic rings. The molecule has 6 nitrogen and oxygen atoms in total. The third kappa shape index (κ3) is 2.27. The molecule has 2 heterocycles. The lowest BCUT2D eigenvalue weighted by Gasteiger charge is -2.17. The van der Waals surface area contributed by atoms with Gasteiger partial charge in [-0.1, -0.05) is 0 Å². The first-order valence-electron chi connectivity index (χ1n) is 4.63. The van der Waals surface area contributed by atoms with E-state index in [1.807, 2.05) is 0 Å². The predicted octanol–water partition coefficient (Wildman–Crippen LogP) is -0.620. The summed E-state index contributed by atoms with van der Waals surface area (Å²) in [5.41, 5.74) is -5.48. The van der Waals surface area contributed by atoms with Gasteiger partial charge in [0.15, 0.2) is 0 Å². The van der Waals surface area contributed by atoms with Crippen molar-refractivity contribution in [3.63, 3.8) is 0 Å². The van der Waals surface area contributed by atoms with Gasteiger partial charge in [-0.05, 0) is 0 Å². The maximum Gasteiger partial charge on any atom is 0.523 e. The molecule has 10 heteroatoms. The van der Waals surface area contributed by atoms with Gasteiger partial charge in [0.1, 0.15) is 24.4 Å². The van der Waals surface area contributed by atoms with Gasteiger partial charge in [-0.15, -0.1) is 0 Å². The van der Waals surface area contributed by atoms with Gasteiger partial charge in [-0.3, -0.25) is 4.18 Å². The predicted molar refractivity (Wildman–Crippen MR) is 45.3 cm³/mol. The molecule has 0 aliphatic carbocycles. The highest BCUT2D eigenvalue weighted by Gasteiger charge is 2.54. The molecule has 0 spiro atoms. The lowest BCUT2D eigenvalue weighted by Crippen LogP contribution is -2.37. The van der Waals surface area contributed by atoms with Gasteiger partial charge >= 0.3 is 15.6 Å². The van der Waals surface area contributed by atoms with Gasteiger partial charge in [0, 0.05) is 0 Å². The summed E-state index contributed by atoms with van der Waals surface area (Å²) < 4.78 is 71.6. The van der Waals surface area contributed by atoms with Crippen LogP contribution in [0.25, 0.3) is 0 Å². The first-order valence-corrected chi connectivity index (χ1v) is 6.04. The van der Waals surface area contributed by atoms with Crippen molar-refractivity contribution in [3.8, 4) is 0 Å². The van der Waals surface area contributed by atoms with Crippen LogP contribution in [0.3, 0.4) is 0 Å². The first-order chi connectivity index (χ1) is 7.72. The van der Waals surface area contributed by atoms with Crippen molar-refractivity contribution < 1.29 is 40.4 Å². The van der Waals surface area contributed by atoms with E-state index < -0.39 is 40.0 Å². The Morgan fingerprint density at radius 2 is 1.76 bits per heavy atom. The molecule has 2 fully saturated rings. The molecule has 0 saturated carbocycles. The number of aliphatic hydroxyl groups is 1. The second-order valence-corrected chi connectivity index (χ2v) is 5.26. The van der Waals surface area contributed by atoms with Crippen LogP contribution in [0.5, 0.6) is 0 Å². The van der Waals surface area contributed by atoms with Gasteiger partial charge < -0.3 is 14.6 Å². The SMILES string of the molecule is O=S(=O)(O[C@@H]1CO[C@H]2[C@@H]1OC[C@@H]2O)C(F)(F)F. The van der Waals surface area contributed by atoms with E-state index in [2.05, 4.69) is 4.18 Å². The number of halogens is 3. The van der Waals surface area contributed by atoms with Crippen LogP contribution in [0.1, 0.15) is 0 Å². The third-order valence-electron chi connectivity index (χ3n) is 2.52. The van der Waals surface area contributed by atoms with E-state index in [0.717, 1.165) is 0 Å². The van der Waals surface area contributed by atoms with E-state index >= 15 is 0 Å². The molecule has 0 radical (unpaired) electrons. The van der Waals surface area contributed by atoms with E-state index in [0.29, 0.717) is 0 Å². The van der Waals surface area contributed by atoms with E-state index in [-0.39, 0.29) is 13.2 Å². The Kier molecular flexibility index (Phi) is 3.11. The number of hydrogen-bond acceptors (Lipinski definition) is 6. The molecule has 100 valence electrons. The minimum atomic E-state index is -5.68. The van der Waals surface area contributed by atoms with Crippen molar-refractivity contribution in [1.29, 1.82) is 0 Å². The van der Waals surface area contributed by atoms with Crippen molar-refractivity contribution in [1.82, 2.24) is 0 Å². The van der Waals surface area contributed by atoms with E-state index in [9.17, 15) is 26.7 Å². The average Bonchev–Trinajstić information content (AvgIpc) is 2.70. The fourth-order valence-electron chi connectivity index (χ4n) is 1.74. The third-order valence-corrected chi connectivity index (χ3v) is 3.58. The van der Waals surface area contributed by atoms with Crippen molar-refractivity contribution in [2.24, 2.45) is 0 Å². The van der Waals surface area contributed by atoms with E-state index in [1.165, 1.54) is 0 Å². The van der Waals surface area contributed by atoms with Crippen LogP contribution < -0.4 is 0 Å². The average molecular weight is 278 g/mol. The maximum atomic E-state index is 12.1. The highest BCUT2D eigenvalue weighted by molar-refractivity contribution is 7.87. The number of hydrogen-bond donors (Lipinski definition) is 1. The molecule has 2 saturated heterocycles. The Morgan fingerprint density at radius 1 is 1.18 bits per heavy atom. The number of rotatable bonds is 2. The Hall–Kier alpha value is -0.420. The summed E-state index contributed by atoms with van der Waals surface area (Å²) in [5, 5.41) is 9.30. The molecule has 0 amide bonds. The van der Waals surface area contributed by atoms with Crippen LogP contribution >= 0.6 is 0 Å². The molecule has 2 rings (SSSR count). The molecular formula is C7H9F3O6S. The Bertz CT molecular complexity index is 393. The molecule has 2 aliphatic heterocycles. The standard InChI is InChI=1S/C7H9F3O6S/c8-7(9,10)17(12,13)16-4-2-15-5-3(11)1-14-6(4)5/h3-6,11H,1-2H2/t3-,4+,5+,6+/m0/s1. The van der Waals surface area contributed by atoms with Crippen LogP contribution in [0, 0.1) is 0 Å². The van der Waals surface area contributed by atoms with Crippen LogP contribution in [0.15, 0.2) is 0 Å². The topological polar surface area (TPSA) is 82.1 Å². The maximum absolute atomic E-state index is 12.1. The summed E-state index contributed by atoms with van der Waals surface area (Å²) in [6, 6.07) is 0. The summed E-state index contributed by atoms with van der Waals surface area (Å²) in [6.45, 7) is -0.497. The highest BCUT2D eigenvalue weighted by atomic mass is 32.2. The zero-order valence-corrected chi connectivity index (χ0v) is 9.07. The van der Waals surface area contributed by atoms with Gasteiger partial charge in [-0.25, -0.2) is 0 Å². The second-order valence-electron chi connectivity index (χ2n) is 3.70. The minimum absolute atomic E-state index is 0.124. The zero-order valence-electron chi connectivity index (χ0n) is 8.25. The molecule has 1 N–H and O–H groups in total. The lowest BCUT2D eigenvalue weighted by atomic mass is 10.1. The quantitative estimate of drug-likeness (QED) is 0.535. The van der Waals surface area contributed by atoms with Gasteiger partial charge in [-0.2, -0.15) is 21.6 Å². The Labute approximate surface area is 94.4 Å². The van der Waals surface area contributed by atoms with Gasteiger partial charge in [0.2, 0.25) is 0 Å². The number of fused-ring (bicyclic) bond motifs is 1. The van der Waals surface area contributed by atoms with Crippen molar-refractivity contribution in [2.45, 2.75) is 29.9 Å². The summed E-state index contributed by atoms with van der Waals surface area (Å²) in [6.07, 6.45) is -4.21. The fraction of sp³-hybridized carbons (Fsp3) is 1.00. The molecular weight excluding hydrogens is 269 g/mol. The van der Waals surface area contributed by atoms with E-state index in [4.69, 9.17) is 9.47 Å². The zero-order chi connectivity index (χ0) is 12.8. The molecule has 0 aromatic heterocycles. The smallest absolute Gasteiger partial charge is 0.388 e. The van der Waals surface area contributed by atoms with Crippen LogP contribution in [0.2, 0.25) is 0 Å². The normalized spacial score (nSPS) is 38.4. The van der Waals surface area contributed by atoms with Crippen molar-refractivity contribution >= 4 is 10.1 Å². The molecule has 0 unspecified atom stereocenters. The van der Waals surface area contributed by atoms with Crippen LogP contribution in [-0.2, 0) is 23.8 Å². The molecule has 0 bridgehead atoms.